The molecule has 0 radical (unpaired) electrons. The van der Waals surface area contributed by atoms with Crippen LogP contribution in [0.15, 0.2) is 33.8 Å². The van der Waals surface area contributed by atoms with Crippen molar-refractivity contribution < 1.29 is 22.4 Å². The summed E-state index contributed by atoms with van der Waals surface area (Å²) in [5, 5.41) is 7.02. The lowest BCUT2D eigenvalue weighted by molar-refractivity contribution is -0.274. The smallest absolute Gasteiger partial charge is 0.406 e. The van der Waals surface area contributed by atoms with E-state index in [1.165, 1.54) is 24.3 Å². The molecule has 0 saturated carbocycles. The number of aromatic nitrogens is 1. The first-order valence-corrected chi connectivity index (χ1v) is 8.17. The largest absolute Gasteiger partial charge is 0.573 e. The third-order valence-electron chi connectivity index (χ3n) is 3.64. The summed E-state index contributed by atoms with van der Waals surface area (Å²) in [7, 11) is 0. The van der Waals surface area contributed by atoms with Crippen LogP contribution in [0.1, 0.15) is 36.4 Å². The van der Waals surface area contributed by atoms with Crippen LogP contribution in [0.5, 0.6) is 5.75 Å². The molecule has 1 aromatic heterocycles. The van der Waals surface area contributed by atoms with Crippen LogP contribution in [0.2, 0.25) is 0 Å². The van der Waals surface area contributed by atoms with E-state index in [2.05, 4.69) is 20.2 Å². The minimum atomic E-state index is -4.70. The molecule has 2 rings (SSSR count). The maximum Gasteiger partial charge on any atom is 0.573 e. The number of rotatable bonds is 7. The number of nitrogens with zero attached hydrogens (tertiary/aromatic N) is 2. The average molecular weight is 498 g/mol. The lowest BCUT2D eigenvalue weighted by atomic mass is 10.1. The van der Waals surface area contributed by atoms with Crippen molar-refractivity contribution in [2.45, 2.75) is 46.1 Å². The molecule has 1 heterocycles. The molecule has 0 aliphatic heterocycles. The molecular weight excluding hydrogens is 476 g/mol. The molecule has 3 N–H and O–H groups in total. The van der Waals surface area contributed by atoms with Gasteiger partial charge in [0, 0.05) is 18.5 Å². The maximum atomic E-state index is 12.1. The summed E-state index contributed by atoms with van der Waals surface area (Å²) in [5.74, 6) is 0.760. The highest BCUT2D eigenvalue weighted by atomic mass is 127. The highest BCUT2D eigenvalue weighted by Crippen LogP contribution is 2.22. The minimum Gasteiger partial charge on any atom is -0.406 e. The number of ether oxygens (including phenoxy) is 1. The topological polar surface area (TPSA) is 85.7 Å². The van der Waals surface area contributed by atoms with Gasteiger partial charge in [0.05, 0.1) is 12.2 Å². The van der Waals surface area contributed by atoms with Gasteiger partial charge in [-0.2, -0.15) is 0 Å². The number of aliphatic imine (C=N–C) groups is 1. The molecule has 0 amide bonds. The second kappa shape index (κ2) is 10.4. The zero-order valence-corrected chi connectivity index (χ0v) is 17.3. The molecule has 6 nitrogen and oxygen atoms in total. The van der Waals surface area contributed by atoms with E-state index in [0.29, 0.717) is 12.1 Å². The molecule has 0 bridgehead atoms. The average Bonchev–Trinajstić information content (AvgIpc) is 3.00. The van der Waals surface area contributed by atoms with Crippen LogP contribution in [-0.2, 0) is 25.9 Å². The van der Waals surface area contributed by atoms with Gasteiger partial charge < -0.3 is 20.3 Å². The molecule has 2 aromatic rings. The number of aryl methyl sites for hydroxylation is 2. The summed E-state index contributed by atoms with van der Waals surface area (Å²) >= 11 is 0. The van der Waals surface area contributed by atoms with E-state index >= 15 is 0 Å². The molecular formula is C17H22F3IN4O2. The van der Waals surface area contributed by atoms with E-state index in [9.17, 15) is 13.2 Å². The van der Waals surface area contributed by atoms with Crippen molar-refractivity contribution in [2.24, 2.45) is 10.7 Å². The number of hydrogen-bond donors (Lipinski definition) is 2. The summed E-state index contributed by atoms with van der Waals surface area (Å²) < 4.78 is 45.5. The van der Waals surface area contributed by atoms with Gasteiger partial charge in [-0.05, 0) is 24.1 Å². The van der Waals surface area contributed by atoms with Crippen molar-refractivity contribution in [1.82, 2.24) is 10.5 Å². The lowest BCUT2D eigenvalue weighted by Crippen LogP contribution is -2.31. The molecule has 0 aliphatic rings. The highest BCUT2D eigenvalue weighted by Gasteiger charge is 2.30. The van der Waals surface area contributed by atoms with Gasteiger partial charge in [-0.3, -0.25) is 0 Å². The number of alkyl halides is 3. The van der Waals surface area contributed by atoms with E-state index in [-0.39, 0.29) is 42.2 Å². The molecule has 0 spiro atoms. The van der Waals surface area contributed by atoms with E-state index in [1.807, 2.05) is 13.8 Å². The van der Waals surface area contributed by atoms with Crippen molar-refractivity contribution in [2.75, 3.05) is 0 Å². The van der Waals surface area contributed by atoms with Crippen LogP contribution in [0.25, 0.3) is 0 Å². The Kier molecular flexibility index (Phi) is 8.86. The Hall–Kier alpha value is -1.98. The molecule has 0 saturated heterocycles. The van der Waals surface area contributed by atoms with E-state index < -0.39 is 6.36 Å². The zero-order chi connectivity index (χ0) is 19.2. The molecule has 10 heteroatoms. The van der Waals surface area contributed by atoms with Gasteiger partial charge in [0.15, 0.2) is 5.96 Å². The first-order valence-electron chi connectivity index (χ1n) is 8.17. The standard InChI is InChI=1S/C17H21F3N4O2.HI/c1-3-14-13(15(4-2)26-24-14)10-23-16(21)22-9-11-5-7-12(8-6-11)25-17(18,19)20;/h5-8H,3-4,9-10H2,1-2H3,(H3,21,22,23);1H. The molecule has 150 valence electrons. The zero-order valence-electron chi connectivity index (χ0n) is 15.0. The fourth-order valence-electron chi connectivity index (χ4n) is 2.35. The number of nitrogens with one attached hydrogen (secondary N) is 1. The highest BCUT2D eigenvalue weighted by molar-refractivity contribution is 14.0. The van der Waals surface area contributed by atoms with Crippen molar-refractivity contribution in [3.05, 3.63) is 46.8 Å². The van der Waals surface area contributed by atoms with Gasteiger partial charge >= 0.3 is 6.36 Å². The number of nitrogens with two attached hydrogens (primary N) is 1. The van der Waals surface area contributed by atoms with E-state index in [1.54, 1.807) is 0 Å². The second-order valence-electron chi connectivity index (χ2n) is 5.48. The van der Waals surface area contributed by atoms with Crippen LogP contribution in [0.3, 0.4) is 0 Å². The van der Waals surface area contributed by atoms with Crippen LogP contribution in [-0.4, -0.2) is 17.5 Å². The number of guanidine groups is 1. The van der Waals surface area contributed by atoms with E-state index in [4.69, 9.17) is 10.3 Å². The van der Waals surface area contributed by atoms with Crippen LogP contribution in [0.4, 0.5) is 13.2 Å². The Balaban J connectivity index is 0.00000364. The molecule has 0 unspecified atom stereocenters. The fraction of sp³-hybridized carbons (Fsp3) is 0.412. The van der Waals surface area contributed by atoms with Gasteiger partial charge in [0.25, 0.3) is 0 Å². The maximum absolute atomic E-state index is 12.1. The van der Waals surface area contributed by atoms with Crippen molar-refractivity contribution >= 4 is 29.9 Å². The predicted octanol–water partition coefficient (Wildman–Crippen LogP) is 3.92. The van der Waals surface area contributed by atoms with Gasteiger partial charge in [0.2, 0.25) is 0 Å². The molecule has 0 aliphatic carbocycles. The summed E-state index contributed by atoms with van der Waals surface area (Å²) in [4.78, 5) is 4.18. The summed E-state index contributed by atoms with van der Waals surface area (Å²) in [6, 6.07) is 5.48. The van der Waals surface area contributed by atoms with Crippen LogP contribution >= 0.6 is 24.0 Å². The Morgan fingerprint density at radius 1 is 1.22 bits per heavy atom. The molecule has 0 fully saturated rings. The van der Waals surface area contributed by atoms with Crippen molar-refractivity contribution in [1.29, 1.82) is 0 Å². The Morgan fingerprint density at radius 2 is 1.89 bits per heavy atom. The third-order valence-corrected chi connectivity index (χ3v) is 3.64. The Bertz CT molecular complexity index is 724. The van der Waals surface area contributed by atoms with Gasteiger partial charge in [-0.15, -0.1) is 37.1 Å². The number of halogens is 4. The normalized spacial score (nSPS) is 11.8. The quantitative estimate of drug-likeness (QED) is 0.344. The Morgan fingerprint density at radius 3 is 2.44 bits per heavy atom. The van der Waals surface area contributed by atoms with Crippen LogP contribution in [0, 0.1) is 0 Å². The van der Waals surface area contributed by atoms with Gasteiger partial charge in [0.1, 0.15) is 11.5 Å². The van der Waals surface area contributed by atoms with Crippen molar-refractivity contribution in [3.8, 4) is 5.75 Å². The predicted molar refractivity (Wildman–Crippen MR) is 106 cm³/mol. The first kappa shape index (κ1) is 23.1. The van der Waals surface area contributed by atoms with Gasteiger partial charge in [-0.1, -0.05) is 31.1 Å². The molecule has 0 atom stereocenters. The van der Waals surface area contributed by atoms with Crippen LogP contribution < -0.4 is 15.8 Å². The fourth-order valence-corrected chi connectivity index (χ4v) is 2.35. The number of hydrogen-bond acceptors (Lipinski definition) is 4. The van der Waals surface area contributed by atoms with E-state index in [0.717, 1.165) is 29.9 Å². The summed E-state index contributed by atoms with van der Waals surface area (Å²) in [6.45, 7) is 4.65. The number of benzene rings is 1. The molecule has 27 heavy (non-hydrogen) atoms. The second-order valence-corrected chi connectivity index (χ2v) is 5.48. The van der Waals surface area contributed by atoms with Gasteiger partial charge in [-0.25, -0.2) is 4.99 Å². The summed E-state index contributed by atoms with van der Waals surface area (Å²) in [5.41, 5.74) is 8.41. The SMILES string of the molecule is CCc1noc(CC)c1CNC(N)=NCc1ccc(OC(F)(F)F)cc1.I. The lowest BCUT2D eigenvalue weighted by Gasteiger charge is -2.09. The van der Waals surface area contributed by atoms with Crippen molar-refractivity contribution in [3.63, 3.8) is 0 Å². The monoisotopic (exact) mass is 498 g/mol. The minimum absolute atomic E-state index is 0. The summed E-state index contributed by atoms with van der Waals surface area (Å²) in [6.07, 6.45) is -3.22. The first-order chi connectivity index (χ1) is 12.3. The Labute approximate surface area is 172 Å². The molecule has 1 aromatic carbocycles. The third kappa shape index (κ3) is 7.27.